The summed E-state index contributed by atoms with van der Waals surface area (Å²) < 4.78 is 6.15. The summed E-state index contributed by atoms with van der Waals surface area (Å²) in [5.41, 5.74) is 8.92. The second-order valence-electron chi connectivity index (χ2n) is 15.0. The Labute approximate surface area is 268 Å². The lowest BCUT2D eigenvalue weighted by molar-refractivity contribution is 0.0156. The Balaban J connectivity index is 1.29. The van der Waals surface area contributed by atoms with Crippen LogP contribution in [0.15, 0.2) is 40.8 Å². The van der Waals surface area contributed by atoms with Crippen molar-refractivity contribution in [1.29, 1.82) is 0 Å². The lowest BCUT2D eigenvalue weighted by Crippen LogP contribution is -2.45. The van der Waals surface area contributed by atoms with Crippen LogP contribution in [-0.2, 0) is 12.8 Å². The maximum Gasteiger partial charge on any atom is 0.133 e. The van der Waals surface area contributed by atoms with Crippen molar-refractivity contribution in [3.05, 3.63) is 70.2 Å². The van der Waals surface area contributed by atoms with Crippen molar-refractivity contribution >= 4 is 11.1 Å². The summed E-state index contributed by atoms with van der Waals surface area (Å²) in [6, 6.07) is 9.36. The van der Waals surface area contributed by atoms with Crippen LogP contribution in [0.3, 0.4) is 0 Å². The normalized spacial score (nSPS) is 25.5. The van der Waals surface area contributed by atoms with Gasteiger partial charge in [0.25, 0.3) is 0 Å². The molecule has 3 heterocycles. The first kappa shape index (κ1) is 31.4. The fraction of sp³-hybridized carbons (Fsp3) is 0.610. The number of fused-ring (bicyclic) bond motifs is 1. The molecule has 2 saturated heterocycles. The van der Waals surface area contributed by atoms with Crippen molar-refractivity contribution in [2.45, 2.75) is 104 Å². The summed E-state index contributed by atoms with van der Waals surface area (Å²) in [7, 11) is 4.54. The summed E-state index contributed by atoms with van der Waals surface area (Å²) in [6.07, 6.45) is 19.9. The van der Waals surface area contributed by atoms with E-state index in [1.54, 1.807) is 11.1 Å². The highest BCUT2D eigenvalue weighted by molar-refractivity contribution is 5.91. The largest absolute Gasteiger partial charge is 0.461 e. The number of aryl methyl sites for hydroxylation is 3. The first-order chi connectivity index (χ1) is 21.3. The predicted octanol–water partition coefficient (Wildman–Crippen LogP) is 9.30. The molecule has 3 heteroatoms. The minimum Gasteiger partial charge on any atom is -0.461 e. The smallest absolute Gasteiger partial charge is 0.133 e. The number of hydrogen-bond donors (Lipinski definition) is 0. The molecule has 2 aliphatic carbocycles. The molecule has 44 heavy (non-hydrogen) atoms. The van der Waals surface area contributed by atoms with E-state index in [0.29, 0.717) is 17.3 Å². The van der Waals surface area contributed by atoms with Crippen LogP contribution < -0.4 is 0 Å². The van der Waals surface area contributed by atoms with E-state index >= 15 is 0 Å². The summed E-state index contributed by atoms with van der Waals surface area (Å²) in [6.45, 7) is 11.8. The average molecular weight is 593 g/mol. The van der Waals surface area contributed by atoms with Gasteiger partial charge in [-0.25, -0.2) is 0 Å². The average Bonchev–Trinajstić information content (AvgIpc) is 3.43. The van der Waals surface area contributed by atoms with Crippen molar-refractivity contribution in [3.8, 4) is 11.8 Å². The third-order valence-electron chi connectivity index (χ3n) is 11.4. The molecule has 1 saturated carbocycles. The molecule has 0 radical (unpaired) electrons. The highest BCUT2D eigenvalue weighted by Gasteiger charge is 2.44. The maximum absolute atomic E-state index is 6.15. The molecule has 2 aromatic rings. The van der Waals surface area contributed by atoms with Gasteiger partial charge in [-0.15, -0.1) is 0 Å². The molecule has 2 aliphatic heterocycles. The number of furan rings is 1. The van der Waals surface area contributed by atoms with Gasteiger partial charge in [-0.05, 0) is 175 Å². The standard InChI is InChI=1S/C41H56N2O/c1-6-8-34-27-39-36(15-13-33-28-41(29-33)19-23-43(5)24-20-41)25-37(40-16-12-31(3)44-40)14-11-30(2)38(39)26-35(34)10-7-9-32-17-21-42(4)22-18-32/h12,14,16,25-27,30,32-33H,6-11,17-24,28-29H2,1-5H3/b36-25-,37-14-. The number of hydrogen-bond acceptors (Lipinski definition) is 3. The highest BCUT2D eigenvalue weighted by Crippen LogP contribution is 2.52. The Morgan fingerprint density at radius 1 is 0.955 bits per heavy atom. The highest BCUT2D eigenvalue weighted by atomic mass is 16.3. The molecule has 1 spiro atoms. The lowest BCUT2D eigenvalue weighted by Gasteiger charge is -2.50. The number of piperidine rings is 2. The molecule has 0 amide bonds. The van der Waals surface area contributed by atoms with E-state index in [9.17, 15) is 0 Å². The predicted molar refractivity (Wildman–Crippen MR) is 186 cm³/mol. The van der Waals surface area contributed by atoms with E-state index in [4.69, 9.17) is 4.42 Å². The minimum atomic E-state index is 0.441. The molecular weight excluding hydrogens is 536 g/mol. The first-order valence-corrected chi connectivity index (χ1v) is 17.8. The SMILES string of the molecule is CCCc1cc2c(cc1CCCC1CCN(C)CC1)C(C)C/C=C(c1ccc(C)o1)/C=C\2C#CC1CC2(CCN(C)CC2)C1. The molecule has 3 fully saturated rings. The Bertz CT molecular complexity index is 1410. The Hall–Kier alpha value is -2.54. The molecule has 1 atom stereocenters. The maximum atomic E-state index is 6.15. The molecule has 0 bridgehead atoms. The van der Waals surface area contributed by atoms with E-state index < -0.39 is 0 Å². The zero-order valence-electron chi connectivity index (χ0n) is 28.3. The van der Waals surface area contributed by atoms with Gasteiger partial charge in [0.1, 0.15) is 11.5 Å². The molecular formula is C41H56N2O. The summed E-state index contributed by atoms with van der Waals surface area (Å²) >= 11 is 0. The van der Waals surface area contributed by atoms with E-state index in [-0.39, 0.29) is 0 Å². The van der Waals surface area contributed by atoms with Gasteiger partial charge in [-0.1, -0.05) is 50.7 Å². The van der Waals surface area contributed by atoms with Crippen molar-refractivity contribution in [3.63, 3.8) is 0 Å². The van der Waals surface area contributed by atoms with E-state index in [0.717, 1.165) is 30.3 Å². The van der Waals surface area contributed by atoms with E-state index in [1.807, 2.05) is 6.92 Å². The fourth-order valence-electron chi connectivity index (χ4n) is 8.37. The molecule has 6 rings (SSSR count). The van der Waals surface area contributed by atoms with Gasteiger partial charge in [0.05, 0.1) is 0 Å². The van der Waals surface area contributed by atoms with Crippen LogP contribution in [0, 0.1) is 36.0 Å². The fourth-order valence-corrected chi connectivity index (χ4v) is 8.37. The molecule has 1 aromatic carbocycles. The Morgan fingerprint density at radius 3 is 2.39 bits per heavy atom. The van der Waals surface area contributed by atoms with Gasteiger partial charge in [-0.2, -0.15) is 0 Å². The zero-order valence-corrected chi connectivity index (χ0v) is 28.3. The van der Waals surface area contributed by atoms with Crippen molar-refractivity contribution in [2.75, 3.05) is 40.3 Å². The summed E-state index contributed by atoms with van der Waals surface area (Å²) in [5.74, 6) is 11.4. The molecule has 236 valence electrons. The van der Waals surface area contributed by atoms with Gasteiger partial charge in [0, 0.05) is 17.1 Å². The van der Waals surface area contributed by atoms with E-state index in [2.05, 4.69) is 86.0 Å². The quantitative estimate of drug-likeness (QED) is 0.299. The molecule has 0 N–H and O–H groups in total. The van der Waals surface area contributed by atoms with Crippen LogP contribution in [0.5, 0.6) is 0 Å². The number of likely N-dealkylation sites (tertiary alicyclic amines) is 2. The topological polar surface area (TPSA) is 19.6 Å². The summed E-state index contributed by atoms with van der Waals surface area (Å²) in [4.78, 5) is 4.98. The van der Waals surface area contributed by atoms with Crippen molar-refractivity contribution in [1.82, 2.24) is 9.80 Å². The molecule has 4 aliphatic rings. The number of rotatable bonds is 7. The van der Waals surface area contributed by atoms with Gasteiger partial charge in [0.15, 0.2) is 0 Å². The van der Waals surface area contributed by atoms with E-state index in [1.165, 1.54) is 113 Å². The monoisotopic (exact) mass is 592 g/mol. The molecule has 1 unspecified atom stereocenters. The summed E-state index contributed by atoms with van der Waals surface area (Å²) in [5, 5.41) is 0. The number of allylic oxidation sites excluding steroid dienone is 4. The van der Waals surface area contributed by atoms with Crippen molar-refractivity contribution < 1.29 is 4.42 Å². The third-order valence-corrected chi connectivity index (χ3v) is 11.4. The number of nitrogens with zero attached hydrogens (tertiary/aromatic N) is 2. The third kappa shape index (κ3) is 7.29. The first-order valence-electron chi connectivity index (χ1n) is 17.8. The van der Waals surface area contributed by atoms with Crippen LogP contribution in [-0.4, -0.2) is 50.1 Å². The van der Waals surface area contributed by atoms with Crippen molar-refractivity contribution in [2.24, 2.45) is 17.3 Å². The second kappa shape index (κ2) is 13.8. The van der Waals surface area contributed by atoms with Crippen LogP contribution in [0.4, 0.5) is 0 Å². The molecule has 3 nitrogen and oxygen atoms in total. The number of benzene rings is 1. The molecule has 1 aromatic heterocycles. The zero-order chi connectivity index (χ0) is 30.7. The lowest BCUT2D eigenvalue weighted by atomic mass is 9.58. The van der Waals surface area contributed by atoms with Gasteiger partial charge in [-0.3, -0.25) is 0 Å². The van der Waals surface area contributed by atoms with Gasteiger partial charge >= 0.3 is 0 Å². The van der Waals surface area contributed by atoms with Crippen LogP contribution in [0.1, 0.15) is 118 Å². The second-order valence-corrected chi connectivity index (χ2v) is 15.0. The Kier molecular flexibility index (Phi) is 9.89. The van der Waals surface area contributed by atoms with Gasteiger partial charge < -0.3 is 14.2 Å². The van der Waals surface area contributed by atoms with Gasteiger partial charge in [0.2, 0.25) is 0 Å². The Morgan fingerprint density at radius 2 is 1.68 bits per heavy atom. The van der Waals surface area contributed by atoms with Crippen LogP contribution in [0.25, 0.3) is 11.1 Å². The van der Waals surface area contributed by atoms with Crippen LogP contribution in [0.2, 0.25) is 0 Å². The van der Waals surface area contributed by atoms with Crippen LogP contribution >= 0.6 is 0 Å². The minimum absolute atomic E-state index is 0.441.